The Bertz CT molecular complexity index is 465. The Hall–Kier alpha value is -1.56. The van der Waals surface area contributed by atoms with Crippen molar-refractivity contribution >= 4 is 27.9 Å². The fourth-order valence-corrected chi connectivity index (χ4v) is 2.18. The fourth-order valence-electron chi connectivity index (χ4n) is 1.77. The lowest BCUT2D eigenvalue weighted by molar-refractivity contribution is -0.130. The van der Waals surface area contributed by atoms with Crippen LogP contribution in [0.3, 0.4) is 0 Å². The summed E-state index contributed by atoms with van der Waals surface area (Å²) < 4.78 is 1.00. The van der Waals surface area contributed by atoms with Gasteiger partial charge in [0.1, 0.15) is 0 Å². The molecule has 0 aliphatic carbocycles. The second-order valence-corrected chi connectivity index (χ2v) is 5.44. The molecule has 5 nitrogen and oxygen atoms in total. The van der Waals surface area contributed by atoms with Crippen LogP contribution in [-0.2, 0) is 11.3 Å². The summed E-state index contributed by atoms with van der Waals surface area (Å²) in [6.45, 7) is 1.09. The number of nitrogens with two attached hydrogens (primary N) is 1. The molecule has 110 valence electrons. The monoisotopic (exact) mass is 341 g/mol. The molecule has 1 aromatic rings. The third-order valence-electron chi connectivity index (χ3n) is 2.91. The molecule has 0 aromatic heterocycles. The summed E-state index contributed by atoms with van der Waals surface area (Å²) in [5, 5.41) is 2.50. The highest BCUT2D eigenvalue weighted by molar-refractivity contribution is 9.10. The van der Waals surface area contributed by atoms with E-state index in [1.807, 2.05) is 24.3 Å². The van der Waals surface area contributed by atoms with Crippen LogP contribution in [0.25, 0.3) is 0 Å². The zero-order chi connectivity index (χ0) is 15.0. The maximum Gasteiger partial charge on any atom is 0.312 e. The topological polar surface area (TPSA) is 75.4 Å². The van der Waals surface area contributed by atoms with Crippen LogP contribution in [0, 0.1) is 0 Å². The zero-order valence-electron chi connectivity index (χ0n) is 11.6. The van der Waals surface area contributed by atoms with Gasteiger partial charge in [-0.15, -0.1) is 0 Å². The van der Waals surface area contributed by atoms with Crippen LogP contribution in [0.15, 0.2) is 28.7 Å². The number of nitrogens with one attached hydrogen (secondary N) is 1. The highest BCUT2D eigenvalue weighted by Crippen LogP contribution is 2.17. The van der Waals surface area contributed by atoms with E-state index in [-0.39, 0.29) is 5.91 Å². The van der Waals surface area contributed by atoms with Crippen LogP contribution >= 0.6 is 15.9 Å². The van der Waals surface area contributed by atoms with Gasteiger partial charge in [-0.1, -0.05) is 34.1 Å². The smallest absolute Gasteiger partial charge is 0.312 e. The molecule has 0 spiro atoms. The molecule has 3 N–H and O–H groups in total. The third-order valence-corrected chi connectivity index (χ3v) is 3.68. The van der Waals surface area contributed by atoms with Crippen LogP contribution in [0.1, 0.15) is 24.8 Å². The molecule has 0 aliphatic rings. The molecule has 0 aliphatic heterocycles. The van der Waals surface area contributed by atoms with E-state index in [0.717, 1.165) is 22.9 Å². The molecule has 3 amide bonds. The quantitative estimate of drug-likeness (QED) is 0.746. The van der Waals surface area contributed by atoms with Crippen LogP contribution in [0.5, 0.6) is 0 Å². The lowest BCUT2D eigenvalue weighted by atomic mass is 10.2. The Morgan fingerprint density at radius 3 is 2.65 bits per heavy atom. The Morgan fingerprint density at radius 1 is 1.30 bits per heavy atom. The Kier molecular flexibility index (Phi) is 7.08. The number of halogens is 1. The average Bonchev–Trinajstić information content (AvgIpc) is 2.40. The molecule has 1 rings (SSSR count). The highest BCUT2D eigenvalue weighted by atomic mass is 79.9. The van der Waals surface area contributed by atoms with Gasteiger partial charge in [0.2, 0.25) is 5.91 Å². The second kappa shape index (κ2) is 8.58. The van der Waals surface area contributed by atoms with Gasteiger partial charge in [-0.2, -0.15) is 0 Å². The minimum atomic E-state index is -0.526. The summed E-state index contributed by atoms with van der Waals surface area (Å²) >= 11 is 3.47. The van der Waals surface area contributed by atoms with Gasteiger partial charge in [-0.25, -0.2) is 4.79 Å². The van der Waals surface area contributed by atoms with Crippen LogP contribution < -0.4 is 11.1 Å². The van der Waals surface area contributed by atoms with E-state index in [4.69, 9.17) is 5.73 Å². The van der Waals surface area contributed by atoms with Gasteiger partial charge in [0, 0.05) is 31.0 Å². The summed E-state index contributed by atoms with van der Waals surface area (Å²) in [7, 11) is 1.80. The van der Waals surface area contributed by atoms with Gasteiger partial charge in [0.15, 0.2) is 0 Å². The predicted molar refractivity (Wildman–Crippen MR) is 82.1 cm³/mol. The first-order chi connectivity index (χ1) is 9.50. The van der Waals surface area contributed by atoms with Crippen molar-refractivity contribution in [3.63, 3.8) is 0 Å². The van der Waals surface area contributed by atoms with E-state index in [2.05, 4.69) is 21.2 Å². The first kappa shape index (κ1) is 16.5. The van der Waals surface area contributed by atoms with Crippen molar-refractivity contribution in [3.05, 3.63) is 34.3 Å². The standard InChI is InChI=1S/C14H20BrN3O2/c1-18(10-11-6-2-3-7-12(11)15)13(19)8-4-5-9-17-14(16)20/h2-3,6-7H,4-5,8-10H2,1H3,(H3,16,17,20). The molecule has 0 atom stereocenters. The summed E-state index contributed by atoms with van der Waals surface area (Å²) in [6, 6.07) is 7.32. The summed E-state index contributed by atoms with van der Waals surface area (Å²) in [5.74, 6) is 0.0971. The molecular weight excluding hydrogens is 322 g/mol. The lowest BCUT2D eigenvalue weighted by Gasteiger charge is -2.18. The number of primary amides is 1. The molecule has 1 aromatic carbocycles. The summed E-state index contributed by atoms with van der Waals surface area (Å²) in [4.78, 5) is 24.1. The maximum atomic E-state index is 12.0. The van der Waals surface area contributed by atoms with Gasteiger partial charge >= 0.3 is 6.03 Å². The number of amides is 3. The van der Waals surface area contributed by atoms with Crippen LogP contribution in [0.4, 0.5) is 4.79 Å². The highest BCUT2D eigenvalue weighted by Gasteiger charge is 2.10. The van der Waals surface area contributed by atoms with E-state index >= 15 is 0 Å². The fraction of sp³-hybridized carbons (Fsp3) is 0.429. The molecule has 0 radical (unpaired) electrons. The molecule has 0 saturated carbocycles. The average molecular weight is 342 g/mol. The van der Waals surface area contributed by atoms with Crippen molar-refractivity contribution in [2.75, 3.05) is 13.6 Å². The Morgan fingerprint density at radius 2 is 2.00 bits per heavy atom. The number of rotatable bonds is 7. The molecule has 6 heteroatoms. The van der Waals surface area contributed by atoms with Crippen molar-refractivity contribution in [3.8, 4) is 0 Å². The number of benzene rings is 1. The molecule has 0 heterocycles. The third kappa shape index (κ3) is 6.06. The SMILES string of the molecule is CN(Cc1ccccc1Br)C(=O)CCCCNC(N)=O. The van der Waals surface area contributed by atoms with Crippen LogP contribution in [0.2, 0.25) is 0 Å². The first-order valence-corrected chi connectivity index (χ1v) is 7.30. The zero-order valence-corrected chi connectivity index (χ0v) is 13.1. The number of hydrogen-bond donors (Lipinski definition) is 2. The molecular formula is C14H20BrN3O2. The molecule has 0 saturated heterocycles. The van der Waals surface area contributed by atoms with Gasteiger partial charge in [0.25, 0.3) is 0 Å². The predicted octanol–water partition coefficient (Wildman–Crippen LogP) is 2.25. The van der Waals surface area contributed by atoms with Gasteiger partial charge < -0.3 is 16.0 Å². The number of unbranched alkanes of at least 4 members (excludes halogenated alkanes) is 1. The van der Waals surface area contributed by atoms with E-state index in [1.165, 1.54) is 0 Å². The normalized spacial score (nSPS) is 10.1. The van der Waals surface area contributed by atoms with Gasteiger partial charge in [0.05, 0.1) is 0 Å². The molecule has 0 unspecified atom stereocenters. The summed E-state index contributed by atoms with van der Waals surface area (Å²) in [5.41, 5.74) is 6.04. The second-order valence-electron chi connectivity index (χ2n) is 4.59. The van der Waals surface area contributed by atoms with Crippen molar-refractivity contribution in [1.82, 2.24) is 10.2 Å². The van der Waals surface area contributed by atoms with Crippen LogP contribution in [-0.4, -0.2) is 30.4 Å². The van der Waals surface area contributed by atoms with Crippen molar-refractivity contribution < 1.29 is 9.59 Å². The minimum absolute atomic E-state index is 0.0971. The number of carbonyl (C=O) groups excluding carboxylic acids is 2. The largest absolute Gasteiger partial charge is 0.352 e. The Labute approximate surface area is 127 Å². The van der Waals surface area contributed by atoms with E-state index in [9.17, 15) is 9.59 Å². The number of nitrogens with zero attached hydrogens (tertiary/aromatic N) is 1. The molecule has 0 fully saturated rings. The van der Waals surface area contributed by atoms with Gasteiger partial charge in [-0.3, -0.25) is 4.79 Å². The number of carbonyl (C=O) groups is 2. The van der Waals surface area contributed by atoms with Crippen molar-refractivity contribution in [2.24, 2.45) is 5.73 Å². The molecule has 0 bridgehead atoms. The van der Waals surface area contributed by atoms with E-state index in [0.29, 0.717) is 19.5 Å². The van der Waals surface area contributed by atoms with Crippen molar-refractivity contribution in [2.45, 2.75) is 25.8 Å². The number of urea groups is 1. The summed E-state index contributed by atoms with van der Waals surface area (Å²) in [6.07, 6.45) is 1.96. The van der Waals surface area contributed by atoms with Crippen molar-refractivity contribution in [1.29, 1.82) is 0 Å². The molecule has 20 heavy (non-hydrogen) atoms. The van der Waals surface area contributed by atoms with Gasteiger partial charge in [-0.05, 0) is 24.5 Å². The minimum Gasteiger partial charge on any atom is -0.352 e. The Balaban J connectivity index is 2.29. The maximum absolute atomic E-state index is 12.0. The first-order valence-electron chi connectivity index (χ1n) is 6.51. The van der Waals surface area contributed by atoms with E-state index in [1.54, 1.807) is 11.9 Å². The lowest BCUT2D eigenvalue weighted by Crippen LogP contribution is -2.30. The number of hydrogen-bond acceptors (Lipinski definition) is 2. The van der Waals surface area contributed by atoms with E-state index < -0.39 is 6.03 Å².